The Kier molecular flexibility index (Phi) is 2.81. The van der Waals surface area contributed by atoms with Gasteiger partial charge in [0.15, 0.2) is 5.65 Å². The molecule has 0 atom stereocenters. The van der Waals surface area contributed by atoms with E-state index >= 15 is 0 Å². The number of aromatic nitrogens is 3. The zero-order valence-electron chi connectivity index (χ0n) is 9.97. The fraction of sp³-hybridized carbons (Fsp3) is 0.500. The Morgan fingerprint density at radius 3 is 2.81 bits per heavy atom. The van der Waals surface area contributed by atoms with Gasteiger partial charge in [0.25, 0.3) is 5.56 Å². The van der Waals surface area contributed by atoms with Gasteiger partial charge >= 0.3 is 0 Å². The van der Waals surface area contributed by atoms with Crippen LogP contribution in [-0.4, -0.2) is 14.3 Å². The molecule has 2 aromatic heterocycles. The molecular formula is C12H17N3O. The predicted octanol–water partition coefficient (Wildman–Crippen LogP) is 2.19. The fourth-order valence-electron chi connectivity index (χ4n) is 2.04. The Balaban J connectivity index is 2.81. The van der Waals surface area contributed by atoms with Crippen molar-refractivity contribution in [2.45, 2.75) is 39.8 Å². The predicted molar refractivity (Wildman–Crippen MR) is 64.7 cm³/mol. The van der Waals surface area contributed by atoms with Crippen LogP contribution in [-0.2, 0) is 6.54 Å². The third-order valence-electron chi connectivity index (χ3n) is 2.65. The van der Waals surface area contributed by atoms with E-state index < -0.39 is 0 Å². The summed E-state index contributed by atoms with van der Waals surface area (Å²) in [6.07, 6.45) is 2.68. The molecule has 16 heavy (non-hydrogen) atoms. The van der Waals surface area contributed by atoms with Crippen molar-refractivity contribution < 1.29 is 0 Å². The molecule has 0 aliphatic carbocycles. The van der Waals surface area contributed by atoms with Gasteiger partial charge in [0.2, 0.25) is 0 Å². The highest BCUT2D eigenvalue weighted by molar-refractivity contribution is 5.74. The van der Waals surface area contributed by atoms with Crippen LogP contribution in [0.5, 0.6) is 0 Å². The molecule has 0 N–H and O–H groups in total. The highest BCUT2D eigenvalue weighted by Crippen LogP contribution is 2.13. The molecule has 0 aliphatic rings. The standard InChI is InChI=1S/C12H17N3O/c1-4-8-14-12(16)10-6-5-7-13-11(10)15(14)9(2)3/h5-7,9H,4,8H2,1-3H3. The van der Waals surface area contributed by atoms with Crippen molar-refractivity contribution in [3.05, 3.63) is 28.7 Å². The third kappa shape index (κ3) is 1.54. The van der Waals surface area contributed by atoms with E-state index in [1.54, 1.807) is 10.9 Å². The van der Waals surface area contributed by atoms with E-state index in [0.717, 1.165) is 18.6 Å². The fourth-order valence-corrected chi connectivity index (χ4v) is 2.04. The van der Waals surface area contributed by atoms with Gasteiger partial charge in [0, 0.05) is 18.8 Å². The minimum atomic E-state index is 0.0682. The molecule has 0 spiro atoms. The molecule has 2 heterocycles. The summed E-state index contributed by atoms with van der Waals surface area (Å²) in [5, 5.41) is 0.713. The number of hydrogen-bond acceptors (Lipinski definition) is 2. The van der Waals surface area contributed by atoms with Crippen LogP contribution in [0.2, 0.25) is 0 Å². The first-order valence-electron chi connectivity index (χ1n) is 5.72. The molecule has 0 radical (unpaired) electrons. The Hall–Kier alpha value is -1.58. The zero-order valence-corrected chi connectivity index (χ0v) is 9.97. The van der Waals surface area contributed by atoms with E-state index in [9.17, 15) is 4.79 Å². The van der Waals surface area contributed by atoms with Crippen LogP contribution in [0.1, 0.15) is 33.2 Å². The normalized spacial score (nSPS) is 11.5. The molecule has 0 unspecified atom stereocenters. The summed E-state index contributed by atoms with van der Waals surface area (Å²) in [4.78, 5) is 16.5. The summed E-state index contributed by atoms with van der Waals surface area (Å²) in [6, 6.07) is 3.90. The molecule has 0 saturated carbocycles. The largest absolute Gasteiger partial charge is 0.276 e. The minimum Gasteiger partial charge on any atom is -0.267 e. The average molecular weight is 219 g/mol. The summed E-state index contributed by atoms with van der Waals surface area (Å²) >= 11 is 0. The highest BCUT2D eigenvalue weighted by Gasteiger charge is 2.14. The molecule has 4 heteroatoms. The lowest BCUT2D eigenvalue weighted by Gasteiger charge is -2.14. The van der Waals surface area contributed by atoms with Crippen molar-refractivity contribution in [1.29, 1.82) is 0 Å². The molecular weight excluding hydrogens is 202 g/mol. The average Bonchev–Trinajstić information content (AvgIpc) is 2.54. The Morgan fingerprint density at radius 1 is 1.44 bits per heavy atom. The van der Waals surface area contributed by atoms with Crippen LogP contribution in [0, 0.1) is 0 Å². The molecule has 4 nitrogen and oxygen atoms in total. The lowest BCUT2D eigenvalue weighted by molar-refractivity contribution is 0.408. The van der Waals surface area contributed by atoms with E-state index in [1.807, 2.05) is 16.8 Å². The molecule has 2 aromatic rings. The number of hydrogen-bond donors (Lipinski definition) is 0. The first-order valence-corrected chi connectivity index (χ1v) is 5.72. The number of rotatable bonds is 3. The van der Waals surface area contributed by atoms with Crippen molar-refractivity contribution >= 4 is 11.0 Å². The van der Waals surface area contributed by atoms with Crippen LogP contribution in [0.15, 0.2) is 23.1 Å². The highest BCUT2D eigenvalue weighted by atomic mass is 16.1. The van der Waals surface area contributed by atoms with Gasteiger partial charge < -0.3 is 0 Å². The lowest BCUT2D eigenvalue weighted by Crippen LogP contribution is -2.24. The second-order valence-corrected chi connectivity index (χ2v) is 4.24. The van der Waals surface area contributed by atoms with Gasteiger partial charge in [-0.05, 0) is 32.4 Å². The molecule has 0 bridgehead atoms. The van der Waals surface area contributed by atoms with E-state index in [2.05, 4.69) is 25.8 Å². The topological polar surface area (TPSA) is 39.8 Å². The monoisotopic (exact) mass is 219 g/mol. The van der Waals surface area contributed by atoms with Crippen LogP contribution in [0.4, 0.5) is 0 Å². The Bertz CT molecular complexity index is 551. The first kappa shape index (κ1) is 10.9. The SMILES string of the molecule is CCCn1c(=O)c2cccnc2n1C(C)C. The third-order valence-corrected chi connectivity index (χ3v) is 2.65. The minimum absolute atomic E-state index is 0.0682. The second-order valence-electron chi connectivity index (χ2n) is 4.24. The molecule has 0 aliphatic heterocycles. The zero-order chi connectivity index (χ0) is 11.7. The van der Waals surface area contributed by atoms with Gasteiger partial charge in [0.1, 0.15) is 0 Å². The van der Waals surface area contributed by atoms with Crippen molar-refractivity contribution in [3.63, 3.8) is 0 Å². The Labute approximate surface area is 94.5 Å². The van der Waals surface area contributed by atoms with Gasteiger partial charge in [-0.25, -0.2) is 9.67 Å². The molecule has 86 valence electrons. The quantitative estimate of drug-likeness (QED) is 0.793. The summed E-state index contributed by atoms with van der Waals surface area (Å²) in [7, 11) is 0. The number of fused-ring (bicyclic) bond motifs is 1. The van der Waals surface area contributed by atoms with Gasteiger partial charge in [0.05, 0.1) is 5.39 Å². The summed E-state index contributed by atoms with van der Waals surface area (Å²) in [6.45, 7) is 6.95. The van der Waals surface area contributed by atoms with Crippen molar-refractivity contribution in [3.8, 4) is 0 Å². The molecule has 0 saturated heterocycles. The van der Waals surface area contributed by atoms with E-state index in [0.29, 0.717) is 5.39 Å². The summed E-state index contributed by atoms with van der Waals surface area (Å²) in [5.74, 6) is 0. The maximum absolute atomic E-state index is 12.1. The van der Waals surface area contributed by atoms with Crippen LogP contribution < -0.4 is 5.56 Å². The van der Waals surface area contributed by atoms with Gasteiger partial charge in [-0.1, -0.05) is 6.92 Å². The molecule has 0 fully saturated rings. The number of nitrogens with zero attached hydrogens (tertiary/aromatic N) is 3. The van der Waals surface area contributed by atoms with E-state index in [4.69, 9.17) is 0 Å². The van der Waals surface area contributed by atoms with Crippen molar-refractivity contribution in [2.24, 2.45) is 0 Å². The lowest BCUT2D eigenvalue weighted by atomic mass is 10.3. The van der Waals surface area contributed by atoms with Crippen molar-refractivity contribution in [2.75, 3.05) is 0 Å². The van der Waals surface area contributed by atoms with E-state index in [-0.39, 0.29) is 11.6 Å². The van der Waals surface area contributed by atoms with Gasteiger partial charge in [-0.2, -0.15) is 0 Å². The number of pyridine rings is 1. The maximum Gasteiger partial charge on any atom is 0.276 e. The second kappa shape index (κ2) is 4.12. The summed E-state index contributed by atoms with van der Waals surface area (Å²) in [5.41, 5.74) is 0.856. The molecule has 0 amide bonds. The molecule has 2 rings (SSSR count). The van der Waals surface area contributed by atoms with Gasteiger partial charge in [-0.15, -0.1) is 0 Å². The molecule has 0 aromatic carbocycles. The first-order chi connectivity index (χ1) is 7.66. The van der Waals surface area contributed by atoms with E-state index in [1.165, 1.54) is 0 Å². The Morgan fingerprint density at radius 2 is 2.19 bits per heavy atom. The van der Waals surface area contributed by atoms with Crippen LogP contribution >= 0.6 is 0 Å². The van der Waals surface area contributed by atoms with Gasteiger partial charge in [-0.3, -0.25) is 9.48 Å². The van der Waals surface area contributed by atoms with Crippen molar-refractivity contribution in [1.82, 2.24) is 14.3 Å². The maximum atomic E-state index is 12.1. The summed E-state index contributed by atoms with van der Waals surface area (Å²) < 4.78 is 3.78. The smallest absolute Gasteiger partial charge is 0.267 e. The van der Waals surface area contributed by atoms with Crippen LogP contribution in [0.3, 0.4) is 0 Å². The van der Waals surface area contributed by atoms with Crippen LogP contribution in [0.25, 0.3) is 11.0 Å².